The van der Waals surface area contributed by atoms with E-state index >= 15 is 0 Å². The molecule has 4 aromatic rings. The molecule has 0 spiro atoms. The van der Waals surface area contributed by atoms with Gasteiger partial charge < -0.3 is 24.6 Å². The van der Waals surface area contributed by atoms with Gasteiger partial charge in [0.2, 0.25) is 0 Å². The van der Waals surface area contributed by atoms with Crippen LogP contribution >= 0.6 is 0 Å². The lowest BCUT2D eigenvalue weighted by atomic mass is 10.1. The molecular weight excluding hydrogens is 380 g/mol. The van der Waals surface area contributed by atoms with Gasteiger partial charge in [0.25, 0.3) is 0 Å². The molecule has 5 rings (SSSR count). The number of benzene rings is 2. The molecule has 30 heavy (non-hydrogen) atoms. The summed E-state index contributed by atoms with van der Waals surface area (Å²) in [5.74, 6) is 0.916. The van der Waals surface area contributed by atoms with Crippen LogP contribution in [0.25, 0.3) is 33.5 Å². The summed E-state index contributed by atoms with van der Waals surface area (Å²) < 4.78 is 6.01. The molecule has 156 valence electrons. The highest BCUT2D eigenvalue weighted by Gasteiger charge is 2.27. The van der Waals surface area contributed by atoms with Gasteiger partial charge in [0.1, 0.15) is 11.4 Å². The summed E-state index contributed by atoms with van der Waals surface area (Å²) in [6, 6.07) is 11.8. The number of ether oxygens (including phenoxy) is 1. The van der Waals surface area contributed by atoms with E-state index in [-0.39, 0.29) is 11.9 Å². The third-order valence-electron chi connectivity index (χ3n) is 5.64. The first kappa shape index (κ1) is 18.9. The molecule has 1 saturated heterocycles. The number of hydrogen-bond donors (Lipinski definition) is 3. The summed E-state index contributed by atoms with van der Waals surface area (Å²) in [5, 5.41) is 18.0. The van der Waals surface area contributed by atoms with Gasteiger partial charge in [-0.2, -0.15) is 5.10 Å². The maximum Gasteiger partial charge on any atom is 0.159 e. The number of H-pyrrole nitrogens is 2. The summed E-state index contributed by atoms with van der Waals surface area (Å²) in [7, 11) is 4.15. The summed E-state index contributed by atoms with van der Waals surface area (Å²) >= 11 is 0. The van der Waals surface area contributed by atoms with Crippen LogP contribution in [-0.4, -0.2) is 76.1 Å². The Morgan fingerprint density at radius 2 is 2.07 bits per heavy atom. The number of nitrogens with zero attached hydrogens (tertiary/aromatic N) is 4. The number of anilines is 1. The van der Waals surface area contributed by atoms with Gasteiger partial charge in [-0.1, -0.05) is 0 Å². The number of imidazole rings is 1. The number of morpholine rings is 1. The molecule has 2 aromatic carbocycles. The predicted octanol–water partition coefficient (Wildman–Crippen LogP) is 2.97. The van der Waals surface area contributed by atoms with Crippen LogP contribution in [-0.2, 0) is 4.74 Å². The second-order valence-electron chi connectivity index (χ2n) is 8.31. The normalized spacial score (nSPS) is 19.9. The molecular formula is C22H26N6O2. The molecule has 2 atom stereocenters. The van der Waals surface area contributed by atoms with E-state index < -0.39 is 0 Å². The van der Waals surface area contributed by atoms with Gasteiger partial charge in [-0.15, -0.1) is 0 Å². The third kappa shape index (κ3) is 3.38. The minimum absolute atomic E-state index is 0.188. The van der Waals surface area contributed by atoms with E-state index in [4.69, 9.17) is 9.72 Å². The van der Waals surface area contributed by atoms with E-state index in [1.807, 2.05) is 6.07 Å². The van der Waals surface area contributed by atoms with Crippen LogP contribution in [0, 0.1) is 0 Å². The molecule has 2 aromatic heterocycles. The highest BCUT2D eigenvalue weighted by Crippen LogP contribution is 2.30. The van der Waals surface area contributed by atoms with Crippen molar-refractivity contribution in [3.63, 3.8) is 0 Å². The first-order valence-electron chi connectivity index (χ1n) is 10.2. The fourth-order valence-corrected chi connectivity index (χ4v) is 4.17. The average Bonchev–Trinajstić information content (AvgIpc) is 3.31. The second-order valence-corrected chi connectivity index (χ2v) is 8.31. The average molecular weight is 406 g/mol. The number of nitrogens with one attached hydrogen (secondary N) is 2. The molecule has 0 bridgehead atoms. The number of phenolic OH excluding ortho intramolecular Hbond substituents is 1. The van der Waals surface area contributed by atoms with E-state index in [1.165, 1.54) is 0 Å². The number of rotatable bonds is 4. The van der Waals surface area contributed by atoms with Crippen molar-refractivity contribution >= 4 is 27.6 Å². The largest absolute Gasteiger partial charge is 0.508 e. The summed E-state index contributed by atoms with van der Waals surface area (Å²) in [6.45, 7) is 4.67. The van der Waals surface area contributed by atoms with Gasteiger partial charge in [0, 0.05) is 36.3 Å². The number of aromatic amines is 2. The Bertz CT molecular complexity index is 1200. The molecule has 3 N–H and O–H groups in total. The number of aromatic hydroxyl groups is 1. The van der Waals surface area contributed by atoms with E-state index in [0.29, 0.717) is 18.5 Å². The van der Waals surface area contributed by atoms with Gasteiger partial charge in [0.05, 0.1) is 29.3 Å². The highest BCUT2D eigenvalue weighted by atomic mass is 16.5. The molecule has 0 amide bonds. The monoisotopic (exact) mass is 406 g/mol. The van der Waals surface area contributed by atoms with Crippen molar-refractivity contribution < 1.29 is 9.84 Å². The SMILES string of the molecule is CC1COC(CN(C)C)CN1c1ccc2[nH]c(-c3n[nH]c4cc(O)ccc34)nc2c1. The minimum atomic E-state index is 0.188. The van der Waals surface area contributed by atoms with Gasteiger partial charge >= 0.3 is 0 Å². The number of likely N-dealkylation sites (N-methyl/N-ethyl adjacent to an activating group) is 1. The van der Waals surface area contributed by atoms with E-state index in [0.717, 1.165) is 46.4 Å². The summed E-state index contributed by atoms with van der Waals surface area (Å²) in [4.78, 5) is 12.7. The lowest BCUT2D eigenvalue weighted by molar-refractivity contribution is 0.00880. The third-order valence-corrected chi connectivity index (χ3v) is 5.64. The van der Waals surface area contributed by atoms with Crippen molar-refractivity contribution in [1.82, 2.24) is 25.1 Å². The molecule has 1 fully saturated rings. The van der Waals surface area contributed by atoms with Crippen LogP contribution in [0.3, 0.4) is 0 Å². The van der Waals surface area contributed by atoms with Crippen molar-refractivity contribution in [3.05, 3.63) is 36.4 Å². The Morgan fingerprint density at radius 3 is 2.90 bits per heavy atom. The van der Waals surface area contributed by atoms with Crippen molar-refractivity contribution in [3.8, 4) is 17.3 Å². The van der Waals surface area contributed by atoms with Crippen molar-refractivity contribution in [2.24, 2.45) is 0 Å². The van der Waals surface area contributed by atoms with Crippen LogP contribution in [0.15, 0.2) is 36.4 Å². The van der Waals surface area contributed by atoms with Crippen molar-refractivity contribution in [2.45, 2.75) is 19.1 Å². The Morgan fingerprint density at radius 1 is 1.20 bits per heavy atom. The quantitative estimate of drug-likeness (QED) is 0.483. The fourth-order valence-electron chi connectivity index (χ4n) is 4.17. The lowest BCUT2D eigenvalue weighted by Gasteiger charge is -2.40. The molecule has 8 heteroatoms. The van der Waals surface area contributed by atoms with Gasteiger partial charge in [0.15, 0.2) is 5.82 Å². The first-order chi connectivity index (χ1) is 14.5. The maximum absolute atomic E-state index is 9.68. The predicted molar refractivity (Wildman–Crippen MR) is 118 cm³/mol. The molecule has 3 heterocycles. The lowest BCUT2D eigenvalue weighted by Crippen LogP contribution is -2.51. The van der Waals surface area contributed by atoms with Crippen LogP contribution in [0.2, 0.25) is 0 Å². The maximum atomic E-state index is 9.68. The van der Waals surface area contributed by atoms with Gasteiger partial charge in [-0.05, 0) is 51.4 Å². The van der Waals surface area contributed by atoms with E-state index in [2.05, 4.69) is 64.2 Å². The Labute approximate surface area is 174 Å². The van der Waals surface area contributed by atoms with E-state index in [9.17, 15) is 5.11 Å². The van der Waals surface area contributed by atoms with Crippen molar-refractivity contribution in [2.75, 3.05) is 38.7 Å². The van der Waals surface area contributed by atoms with Crippen LogP contribution in [0.5, 0.6) is 5.75 Å². The van der Waals surface area contributed by atoms with Crippen LogP contribution in [0.1, 0.15) is 6.92 Å². The zero-order valence-electron chi connectivity index (χ0n) is 17.4. The topological polar surface area (TPSA) is 93.3 Å². The minimum Gasteiger partial charge on any atom is -0.508 e. The molecule has 0 saturated carbocycles. The first-order valence-corrected chi connectivity index (χ1v) is 10.2. The fraction of sp³-hybridized carbons (Fsp3) is 0.364. The summed E-state index contributed by atoms with van der Waals surface area (Å²) in [6.07, 6.45) is 0.188. The Kier molecular flexibility index (Phi) is 4.60. The Hall–Kier alpha value is -3.10. The number of phenols is 1. The Balaban J connectivity index is 1.48. The van der Waals surface area contributed by atoms with Crippen LogP contribution < -0.4 is 4.90 Å². The smallest absolute Gasteiger partial charge is 0.159 e. The summed E-state index contributed by atoms with van der Waals surface area (Å²) in [5.41, 5.74) is 4.54. The molecule has 2 unspecified atom stereocenters. The van der Waals surface area contributed by atoms with Gasteiger partial charge in [-0.25, -0.2) is 4.98 Å². The van der Waals surface area contributed by atoms with E-state index in [1.54, 1.807) is 12.1 Å². The molecule has 1 aliphatic rings. The zero-order valence-corrected chi connectivity index (χ0v) is 17.4. The molecule has 8 nitrogen and oxygen atoms in total. The number of hydrogen-bond acceptors (Lipinski definition) is 6. The molecule has 0 aliphatic carbocycles. The number of fused-ring (bicyclic) bond motifs is 2. The molecule has 0 radical (unpaired) electrons. The number of aromatic nitrogens is 4. The standard InChI is InChI=1S/C22H26N6O2/c1-13-12-30-16(10-27(2)3)11-28(13)14-4-7-18-20(8-14)24-22(23-18)21-17-6-5-15(29)9-19(17)25-26-21/h4-9,13,16,29H,10-12H2,1-3H3,(H,23,24)(H,25,26). The molecule has 1 aliphatic heterocycles. The van der Waals surface area contributed by atoms with Crippen molar-refractivity contribution in [1.29, 1.82) is 0 Å². The van der Waals surface area contributed by atoms with Crippen LogP contribution in [0.4, 0.5) is 5.69 Å². The van der Waals surface area contributed by atoms with Gasteiger partial charge in [-0.3, -0.25) is 5.10 Å². The second kappa shape index (κ2) is 7.30. The highest BCUT2D eigenvalue weighted by molar-refractivity contribution is 5.94. The zero-order chi connectivity index (χ0) is 20.8.